The Balaban J connectivity index is 1.71. The van der Waals surface area contributed by atoms with Crippen LogP contribution < -0.4 is 5.73 Å². The van der Waals surface area contributed by atoms with E-state index >= 15 is 0 Å². The summed E-state index contributed by atoms with van der Waals surface area (Å²) < 4.78 is 31.2. The maximum atomic E-state index is 11.1. The first-order valence-corrected chi connectivity index (χ1v) is 9.88. The molecule has 3 aromatic rings. The molecule has 0 amide bonds. The summed E-state index contributed by atoms with van der Waals surface area (Å²) >= 11 is 5.87. The van der Waals surface area contributed by atoms with Gasteiger partial charge in [-0.1, -0.05) is 35.9 Å². The molecule has 0 spiro atoms. The Hall–Kier alpha value is -2.67. The minimum atomic E-state index is -4.17. The predicted molar refractivity (Wildman–Crippen MR) is 107 cm³/mol. The zero-order chi connectivity index (χ0) is 19.4. The van der Waals surface area contributed by atoms with Gasteiger partial charge in [-0.3, -0.25) is 4.55 Å². The van der Waals surface area contributed by atoms with Gasteiger partial charge in [0, 0.05) is 10.6 Å². The highest BCUT2D eigenvalue weighted by molar-refractivity contribution is 7.85. The van der Waals surface area contributed by atoms with E-state index in [1.54, 1.807) is 24.3 Å². The molecule has 0 fully saturated rings. The molecule has 0 unspecified atom stereocenters. The van der Waals surface area contributed by atoms with Crippen LogP contribution in [0.25, 0.3) is 0 Å². The van der Waals surface area contributed by atoms with Crippen molar-refractivity contribution in [2.24, 2.45) is 10.7 Å². The van der Waals surface area contributed by atoms with Gasteiger partial charge in [-0.25, -0.2) is 4.99 Å². The Kier molecular flexibility index (Phi) is 5.60. The van der Waals surface area contributed by atoms with Crippen molar-refractivity contribution in [2.45, 2.75) is 11.3 Å². The predicted octanol–water partition coefficient (Wildman–Crippen LogP) is 4.21. The van der Waals surface area contributed by atoms with Crippen LogP contribution in [-0.4, -0.2) is 18.8 Å². The first-order chi connectivity index (χ1) is 12.8. The van der Waals surface area contributed by atoms with Gasteiger partial charge >= 0.3 is 0 Å². The Labute approximate surface area is 162 Å². The minimum Gasteiger partial charge on any atom is -0.383 e. The van der Waals surface area contributed by atoms with Gasteiger partial charge in [0.1, 0.15) is 5.84 Å². The van der Waals surface area contributed by atoms with Crippen LogP contribution in [0.3, 0.4) is 0 Å². The Morgan fingerprint density at radius 3 is 1.93 bits per heavy atom. The summed E-state index contributed by atoms with van der Waals surface area (Å²) in [6, 6.07) is 20.9. The van der Waals surface area contributed by atoms with Crippen LogP contribution >= 0.6 is 11.6 Å². The lowest BCUT2D eigenvalue weighted by Gasteiger charge is -2.05. The third-order valence-corrected chi connectivity index (χ3v) is 5.08. The molecule has 0 saturated carbocycles. The lowest BCUT2D eigenvalue weighted by molar-refractivity contribution is 0.483. The van der Waals surface area contributed by atoms with Crippen molar-refractivity contribution >= 4 is 33.2 Å². The molecular weight excluding hydrogens is 384 g/mol. The summed E-state index contributed by atoms with van der Waals surface area (Å²) in [5, 5.41) is 0.639. The highest BCUT2D eigenvalue weighted by Crippen LogP contribution is 2.18. The van der Waals surface area contributed by atoms with Crippen LogP contribution in [0.5, 0.6) is 0 Å². The third kappa shape index (κ3) is 5.17. The fraction of sp³-hybridized carbons (Fsp3) is 0.0500. The fourth-order valence-electron chi connectivity index (χ4n) is 2.53. The van der Waals surface area contributed by atoms with Gasteiger partial charge < -0.3 is 5.73 Å². The number of nitrogens with zero attached hydrogens (tertiary/aromatic N) is 1. The van der Waals surface area contributed by atoms with Crippen LogP contribution in [0.2, 0.25) is 5.02 Å². The molecular formula is C20H17ClN2O3S. The van der Waals surface area contributed by atoms with E-state index in [0.29, 0.717) is 17.3 Å². The molecule has 0 aliphatic carbocycles. The molecule has 0 radical (unpaired) electrons. The summed E-state index contributed by atoms with van der Waals surface area (Å²) in [5.74, 6) is 0.403. The highest BCUT2D eigenvalue weighted by atomic mass is 35.5. The molecule has 27 heavy (non-hydrogen) atoms. The Bertz CT molecular complexity index is 1060. The molecule has 5 nitrogen and oxygen atoms in total. The first kappa shape index (κ1) is 19.1. The first-order valence-electron chi connectivity index (χ1n) is 8.07. The van der Waals surface area contributed by atoms with E-state index in [4.69, 9.17) is 21.9 Å². The maximum absolute atomic E-state index is 11.1. The minimum absolute atomic E-state index is 0.117. The molecule has 3 N–H and O–H groups in total. The summed E-state index contributed by atoms with van der Waals surface area (Å²) in [4.78, 5) is 4.29. The van der Waals surface area contributed by atoms with E-state index in [-0.39, 0.29) is 4.90 Å². The number of hydrogen-bond donors (Lipinski definition) is 2. The quantitative estimate of drug-likeness (QED) is 0.381. The molecule has 0 aromatic heterocycles. The number of nitrogens with two attached hydrogens (primary N) is 1. The molecule has 0 bridgehead atoms. The van der Waals surface area contributed by atoms with Crippen LogP contribution in [0.15, 0.2) is 82.7 Å². The molecule has 3 rings (SSSR count). The second kappa shape index (κ2) is 7.92. The van der Waals surface area contributed by atoms with Gasteiger partial charge in [-0.05, 0) is 66.1 Å². The standard InChI is InChI=1S/C20H17ClN2O3S/c21-17-7-5-16(6-8-17)20(22)23-18-9-1-14(2-10-18)13-15-3-11-19(12-4-15)27(24,25)26/h1-12H,13H2,(H2,22,23)(H,24,25,26). The van der Waals surface area contributed by atoms with Crippen molar-refractivity contribution < 1.29 is 13.0 Å². The van der Waals surface area contributed by atoms with Crippen LogP contribution in [0.1, 0.15) is 16.7 Å². The van der Waals surface area contributed by atoms with E-state index in [1.165, 1.54) is 12.1 Å². The Morgan fingerprint density at radius 1 is 0.889 bits per heavy atom. The lowest BCUT2D eigenvalue weighted by atomic mass is 10.0. The summed E-state index contributed by atoms with van der Waals surface area (Å²) in [7, 11) is -4.17. The normalized spacial score (nSPS) is 12.1. The number of rotatable bonds is 5. The van der Waals surface area contributed by atoms with E-state index in [0.717, 1.165) is 22.4 Å². The van der Waals surface area contributed by atoms with Crippen molar-refractivity contribution in [3.8, 4) is 0 Å². The zero-order valence-corrected chi connectivity index (χ0v) is 15.8. The second-order valence-electron chi connectivity index (χ2n) is 5.97. The van der Waals surface area contributed by atoms with Gasteiger partial charge in [0.2, 0.25) is 0 Å². The SMILES string of the molecule is NC(=Nc1ccc(Cc2ccc(S(=O)(=O)O)cc2)cc1)c1ccc(Cl)cc1. The number of benzene rings is 3. The van der Waals surface area contributed by atoms with Gasteiger partial charge in [-0.2, -0.15) is 8.42 Å². The van der Waals surface area contributed by atoms with Crippen LogP contribution in [-0.2, 0) is 16.5 Å². The fourth-order valence-corrected chi connectivity index (χ4v) is 3.13. The smallest absolute Gasteiger partial charge is 0.294 e. The molecule has 3 aromatic carbocycles. The maximum Gasteiger partial charge on any atom is 0.294 e. The van der Waals surface area contributed by atoms with Gasteiger partial charge in [0.15, 0.2) is 0 Å². The summed E-state index contributed by atoms with van der Waals surface area (Å²) in [6.45, 7) is 0. The van der Waals surface area contributed by atoms with Crippen LogP contribution in [0.4, 0.5) is 5.69 Å². The Morgan fingerprint density at radius 2 is 1.41 bits per heavy atom. The number of amidine groups is 1. The van der Waals surface area contributed by atoms with E-state index in [2.05, 4.69) is 4.99 Å². The summed E-state index contributed by atoms with van der Waals surface area (Å²) in [5.41, 5.74) is 9.52. The molecule has 0 aliphatic heterocycles. The lowest BCUT2D eigenvalue weighted by Crippen LogP contribution is -2.12. The molecule has 138 valence electrons. The highest BCUT2D eigenvalue weighted by Gasteiger charge is 2.08. The number of hydrogen-bond acceptors (Lipinski definition) is 3. The number of halogens is 1. The molecule has 0 aliphatic rings. The van der Waals surface area contributed by atoms with Crippen molar-refractivity contribution in [1.82, 2.24) is 0 Å². The van der Waals surface area contributed by atoms with E-state index < -0.39 is 10.1 Å². The van der Waals surface area contributed by atoms with Gasteiger partial charge in [0.25, 0.3) is 10.1 Å². The topological polar surface area (TPSA) is 92.8 Å². The molecule has 0 heterocycles. The van der Waals surface area contributed by atoms with Gasteiger partial charge in [0.05, 0.1) is 10.6 Å². The third-order valence-electron chi connectivity index (χ3n) is 3.96. The summed E-state index contributed by atoms with van der Waals surface area (Å²) in [6.07, 6.45) is 0.627. The van der Waals surface area contributed by atoms with Crippen molar-refractivity contribution in [2.75, 3.05) is 0 Å². The molecule has 7 heteroatoms. The molecule has 0 saturated heterocycles. The van der Waals surface area contributed by atoms with E-state index in [9.17, 15) is 8.42 Å². The van der Waals surface area contributed by atoms with Crippen molar-refractivity contribution in [1.29, 1.82) is 0 Å². The average molecular weight is 401 g/mol. The largest absolute Gasteiger partial charge is 0.383 e. The monoisotopic (exact) mass is 400 g/mol. The van der Waals surface area contributed by atoms with Gasteiger partial charge in [-0.15, -0.1) is 0 Å². The van der Waals surface area contributed by atoms with Crippen LogP contribution in [0, 0.1) is 0 Å². The average Bonchev–Trinajstić information content (AvgIpc) is 2.63. The van der Waals surface area contributed by atoms with Crippen molar-refractivity contribution in [3.05, 3.63) is 94.5 Å². The van der Waals surface area contributed by atoms with E-state index in [1.807, 2.05) is 36.4 Å². The second-order valence-corrected chi connectivity index (χ2v) is 7.82. The zero-order valence-electron chi connectivity index (χ0n) is 14.2. The molecule has 0 atom stereocenters. The van der Waals surface area contributed by atoms with Crippen molar-refractivity contribution in [3.63, 3.8) is 0 Å². The number of aliphatic imine (C=N–C) groups is 1.